The van der Waals surface area contributed by atoms with Gasteiger partial charge in [-0.2, -0.15) is 0 Å². The minimum atomic E-state index is -0.0234. The molecule has 0 spiro atoms. The zero-order valence-electron chi connectivity index (χ0n) is 11.4. The molecule has 19 heavy (non-hydrogen) atoms. The zero-order chi connectivity index (χ0) is 13.2. The molecule has 0 bridgehead atoms. The van der Waals surface area contributed by atoms with Gasteiger partial charge in [0, 0.05) is 18.8 Å². The van der Waals surface area contributed by atoms with Crippen molar-refractivity contribution in [2.45, 2.75) is 38.4 Å². The fourth-order valence-corrected chi connectivity index (χ4v) is 2.95. The third-order valence-electron chi connectivity index (χ3n) is 3.98. The number of nitrogens with one attached hydrogen (secondary N) is 2. The maximum Gasteiger partial charge on any atom is 0.241 e. The van der Waals surface area contributed by atoms with Crippen molar-refractivity contribution in [1.82, 2.24) is 10.2 Å². The minimum absolute atomic E-state index is 0.0234. The lowest BCUT2D eigenvalue weighted by Crippen LogP contribution is -2.43. The molecule has 1 atom stereocenters. The molecule has 102 valence electrons. The molecule has 1 unspecified atom stereocenters. The van der Waals surface area contributed by atoms with E-state index in [4.69, 9.17) is 0 Å². The van der Waals surface area contributed by atoms with Crippen LogP contribution in [0.4, 0.5) is 5.69 Å². The van der Waals surface area contributed by atoms with Crippen molar-refractivity contribution in [3.63, 3.8) is 0 Å². The maximum absolute atomic E-state index is 12.1. The standard InChI is InChI=1S/C15H21N3O/c1-18-9-11-5-6-13(8-12(11)10-18)17-15(19)14-4-2-3-7-16-14/h5-6,8,14,16H,2-4,7,9-10H2,1H3,(H,17,19). The summed E-state index contributed by atoms with van der Waals surface area (Å²) in [7, 11) is 2.12. The molecular weight excluding hydrogens is 238 g/mol. The third kappa shape index (κ3) is 2.80. The number of fused-ring (bicyclic) bond motifs is 1. The molecule has 2 aliphatic rings. The van der Waals surface area contributed by atoms with Crippen LogP contribution in [0.3, 0.4) is 0 Å². The summed E-state index contributed by atoms with van der Waals surface area (Å²) in [6.07, 6.45) is 3.26. The Morgan fingerprint density at radius 3 is 2.95 bits per heavy atom. The van der Waals surface area contributed by atoms with Crippen molar-refractivity contribution in [3.05, 3.63) is 29.3 Å². The van der Waals surface area contributed by atoms with Crippen LogP contribution >= 0.6 is 0 Å². The summed E-state index contributed by atoms with van der Waals surface area (Å²) in [6, 6.07) is 6.23. The second-order valence-corrected chi connectivity index (χ2v) is 5.65. The van der Waals surface area contributed by atoms with Crippen LogP contribution in [0.15, 0.2) is 18.2 Å². The molecule has 3 rings (SSSR count). The van der Waals surface area contributed by atoms with E-state index in [0.717, 1.165) is 38.2 Å². The smallest absolute Gasteiger partial charge is 0.241 e. The van der Waals surface area contributed by atoms with Gasteiger partial charge in [0.05, 0.1) is 6.04 Å². The highest BCUT2D eigenvalue weighted by Crippen LogP contribution is 2.24. The van der Waals surface area contributed by atoms with E-state index >= 15 is 0 Å². The molecular formula is C15H21N3O. The Balaban J connectivity index is 1.67. The van der Waals surface area contributed by atoms with Gasteiger partial charge in [0.25, 0.3) is 0 Å². The van der Waals surface area contributed by atoms with E-state index in [1.165, 1.54) is 17.5 Å². The van der Waals surface area contributed by atoms with Crippen LogP contribution in [0, 0.1) is 0 Å². The van der Waals surface area contributed by atoms with Crippen LogP contribution in [0.1, 0.15) is 30.4 Å². The fourth-order valence-electron chi connectivity index (χ4n) is 2.95. The fraction of sp³-hybridized carbons (Fsp3) is 0.533. The first-order valence-corrected chi connectivity index (χ1v) is 7.07. The first kappa shape index (κ1) is 12.6. The van der Waals surface area contributed by atoms with Gasteiger partial charge in [-0.1, -0.05) is 12.5 Å². The first-order valence-electron chi connectivity index (χ1n) is 7.07. The number of carbonyl (C=O) groups is 1. The Kier molecular flexibility index (Phi) is 3.53. The number of hydrogen-bond donors (Lipinski definition) is 2. The molecule has 1 amide bonds. The third-order valence-corrected chi connectivity index (χ3v) is 3.98. The van der Waals surface area contributed by atoms with Gasteiger partial charge in [-0.15, -0.1) is 0 Å². The molecule has 4 heteroatoms. The molecule has 0 radical (unpaired) electrons. The molecule has 0 aliphatic carbocycles. The van der Waals surface area contributed by atoms with Gasteiger partial charge in [-0.05, 0) is 49.7 Å². The molecule has 4 nitrogen and oxygen atoms in total. The Morgan fingerprint density at radius 1 is 1.32 bits per heavy atom. The normalized spacial score (nSPS) is 23.1. The molecule has 1 aromatic rings. The van der Waals surface area contributed by atoms with Crippen LogP contribution in [-0.4, -0.2) is 30.4 Å². The summed E-state index contributed by atoms with van der Waals surface area (Å²) in [5.74, 6) is 0.103. The number of carbonyl (C=O) groups excluding carboxylic acids is 1. The van der Waals surface area contributed by atoms with Crippen molar-refractivity contribution in [3.8, 4) is 0 Å². The van der Waals surface area contributed by atoms with E-state index in [9.17, 15) is 4.79 Å². The van der Waals surface area contributed by atoms with E-state index in [0.29, 0.717) is 0 Å². The van der Waals surface area contributed by atoms with Gasteiger partial charge >= 0.3 is 0 Å². The number of hydrogen-bond acceptors (Lipinski definition) is 3. The Bertz CT molecular complexity index is 480. The second-order valence-electron chi connectivity index (χ2n) is 5.65. The second kappa shape index (κ2) is 5.31. The lowest BCUT2D eigenvalue weighted by atomic mass is 10.0. The predicted molar refractivity (Wildman–Crippen MR) is 75.9 cm³/mol. The lowest BCUT2D eigenvalue weighted by Gasteiger charge is -2.22. The average molecular weight is 259 g/mol. The van der Waals surface area contributed by atoms with E-state index < -0.39 is 0 Å². The predicted octanol–water partition coefficient (Wildman–Crippen LogP) is 1.71. The van der Waals surface area contributed by atoms with Crippen LogP contribution in [-0.2, 0) is 17.9 Å². The Labute approximate surface area is 114 Å². The summed E-state index contributed by atoms with van der Waals surface area (Å²) in [5.41, 5.74) is 3.62. The number of piperidine rings is 1. The summed E-state index contributed by atoms with van der Waals surface area (Å²) < 4.78 is 0. The zero-order valence-corrected chi connectivity index (χ0v) is 11.4. The summed E-state index contributed by atoms with van der Waals surface area (Å²) in [4.78, 5) is 14.4. The van der Waals surface area contributed by atoms with E-state index in [-0.39, 0.29) is 11.9 Å². The Hall–Kier alpha value is -1.39. The molecule has 1 saturated heterocycles. The minimum Gasteiger partial charge on any atom is -0.325 e. The van der Waals surface area contributed by atoms with Crippen molar-refractivity contribution in [2.75, 3.05) is 18.9 Å². The molecule has 0 saturated carbocycles. The van der Waals surface area contributed by atoms with E-state index in [1.54, 1.807) is 0 Å². The molecule has 2 heterocycles. The highest BCUT2D eigenvalue weighted by atomic mass is 16.2. The topological polar surface area (TPSA) is 44.4 Å². The van der Waals surface area contributed by atoms with E-state index in [2.05, 4.69) is 34.7 Å². The summed E-state index contributed by atoms with van der Waals surface area (Å²) >= 11 is 0. The van der Waals surface area contributed by atoms with Gasteiger partial charge in [-0.25, -0.2) is 0 Å². The largest absolute Gasteiger partial charge is 0.325 e. The van der Waals surface area contributed by atoms with Crippen molar-refractivity contribution in [1.29, 1.82) is 0 Å². The number of anilines is 1. The lowest BCUT2D eigenvalue weighted by molar-refractivity contribution is -0.118. The van der Waals surface area contributed by atoms with Gasteiger partial charge < -0.3 is 10.6 Å². The first-order chi connectivity index (χ1) is 9.22. The maximum atomic E-state index is 12.1. The Morgan fingerprint density at radius 2 is 2.16 bits per heavy atom. The monoisotopic (exact) mass is 259 g/mol. The summed E-state index contributed by atoms with van der Waals surface area (Å²) in [5, 5.41) is 6.31. The average Bonchev–Trinajstić information content (AvgIpc) is 2.79. The molecule has 2 aliphatic heterocycles. The molecule has 1 fully saturated rings. The quantitative estimate of drug-likeness (QED) is 0.850. The number of rotatable bonds is 2. The van der Waals surface area contributed by atoms with Gasteiger partial charge in [0.15, 0.2) is 0 Å². The molecule has 0 aromatic heterocycles. The van der Waals surface area contributed by atoms with Crippen LogP contribution in [0.5, 0.6) is 0 Å². The molecule has 1 aromatic carbocycles. The van der Waals surface area contributed by atoms with Crippen LogP contribution in [0.2, 0.25) is 0 Å². The SMILES string of the molecule is CN1Cc2ccc(NC(=O)C3CCCCN3)cc2C1. The van der Waals surface area contributed by atoms with Gasteiger partial charge in [0.2, 0.25) is 5.91 Å². The van der Waals surface area contributed by atoms with E-state index in [1.807, 2.05) is 6.07 Å². The number of amides is 1. The van der Waals surface area contributed by atoms with Crippen LogP contribution in [0.25, 0.3) is 0 Å². The van der Waals surface area contributed by atoms with Gasteiger partial charge in [-0.3, -0.25) is 9.69 Å². The number of benzene rings is 1. The highest BCUT2D eigenvalue weighted by molar-refractivity contribution is 5.95. The number of nitrogens with zero attached hydrogens (tertiary/aromatic N) is 1. The summed E-state index contributed by atoms with van der Waals surface area (Å²) in [6.45, 7) is 2.93. The van der Waals surface area contributed by atoms with Crippen molar-refractivity contribution in [2.24, 2.45) is 0 Å². The van der Waals surface area contributed by atoms with Crippen LogP contribution < -0.4 is 10.6 Å². The van der Waals surface area contributed by atoms with Crippen molar-refractivity contribution >= 4 is 11.6 Å². The highest BCUT2D eigenvalue weighted by Gasteiger charge is 2.21. The molecule has 2 N–H and O–H groups in total. The van der Waals surface area contributed by atoms with Crippen molar-refractivity contribution < 1.29 is 4.79 Å². The van der Waals surface area contributed by atoms with Gasteiger partial charge in [0.1, 0.15) is 0 Å².